The topological polar surface area (TPSA) is 20.3 Å². The summed E-state index contributed by atoms with van der Waals surface area (Å²) in [6.45, 7) is 2.19. The van der Waals surface area contributed by atoms with E-state index in [1.54, 1.807) is 0 Å². The van der Waals surface area contributed by atoms with Crippen molar-refractivity contribution in [2.45, 2.75) is 30.8 Å². The molecule has 3 atom stereocenters. The summed E-state index contributed by atoms with van der Waals surface area (Å²) in [5.74, 6) is 0.299. The lowest BCUT2D eigenvalue weighted by Crippen LogP contribution is -2.47. The molecular weight excluding hydrogens is 218 g/mol. The van der Waals surface area contributed by atoms with E-state index in [1.807, 2.05) is 17.4 Å². The minimum atomic E-state index is 0.176. The molecule has 4 rings (SSSR count). The minimum Gasteiger partial charge on any atom is -0.295 e. The molecule has 1 saturated heterocycles. The van der Waals surface area contributed by atoms with Crippen LogP contribution in [0.1, 0.15) is 23.3 Å². The van der Waals surface area contributed by atoms with E-state index in [1.165, 1.54) is 16.9 Å². The zero-order valence-corrected chi connectivity index (χ0v) is 9.80. The predicted octanol–water partition coefficient (Wildman–Crippen LogP) is 2.10. The van der Waals surface area contributed by atoms with E-state index in [9.17, 15) is 4.79 Å². The molecule has 0 radical (unpaired) electrons. The molecule has 2 bridgehead atoms. The Balaban J connectivity index is 1.97. The van der Waals surface area contributed by atoms with E-state index >= 15 is 0 Å². The van der Waals surface area contributed by atoms with E-state index in [0.29, 0.717) is 18.2 Å². The maximum absolute atomic E-state index is 11.6. The van der Waals surface area contributed by atoms with Crippen molar-refractivity contribution in [3.05, 3.63) is 34.0 Å². The van der Waals surface area contributed by atoms with Gasteiger partial charge in [0.25, 0.3) is 0 Å². The Morgan fingerprint density at radius 2 is 2.44 bits per heavy atom. The van der Waals surface area contributed by atoms with E-state index < -0.39 is 0 Å². The fourth-order valence-corrected chi connectivity index (χ4v) is 4.78. The van der Waals surface area contributed by atoms with Gasteiger partial charge < -0.3 is 0 Å². The third kappa shape index (κ3) is 0.937. The summed E-state index contributed by atoms with van der Waals surface area (Å²) in [6, 6.07) is 2.69. The maximum atomic E-state index is 11.6. The van der Waals surface area contributed by atoms with Crippen molar-refractivity contribution in [1.29, 1.82) is 0 Å². The largest absolute Gasteiger partial charge is 0.295 e. The summed E-state index contributed by atoms with van der Waals surface area (Å²) in [5, 5.41) is 2.20. The highest BCUT2D eigenvalue weighted by Crippen LogP contribution is 2.51. The van der Waals surface area contributed by atoms with Crippen LogP contribution in [-0.4, -0.2) is 23.3 Å². The molecule has 82 valence electrons. The monoisotopic (exact) mass is 231 g/mol. The zero-order valence-electron chi connectivity index (χ0n) is 8.98. The fraction of sp³-hybridized carbons (Fsp3) is 0.462. The van der Waals surface area contributed by atoms with Crippen molar-refractivity contribution < 1.29 is 4.79 Å². The fourth-order valence-electron chi connectivity index (χ4n) is 3.60. The van der Waals surface area contributed by atoms with Gasteiger partial charge in [-0.2, -0.15) is 0 Å². The van der Waals surface area contributed by atoms with Gasteiger partial charge in [-0.05, 0) is 29.5 Å². The lowest BCUT2D eigenvalue weighted by molar-refractivity contribution is -0.116. The van der Waals surface area contributed by atoms with Crippen molar-refractivity contribution in [2.75, 3.05) is 6.54 Å². The van der Waals surface area contributed by atoms with Crippen molar-refractivity contribution in [3.8, 4) is 0 Å². The summed E-state index contributed by atoms with van der Waals surface area (Å²) >= 11 is 1.87. The number of ketones is 1. The molecule has 1 aromatic heterocycles. The van der Waals surface area contributed by atoms with Crippen LogP contribution < -0.4 is 0 Å². The van der Waals surface area contributed by atoms with E-state index in [-0.39, 0.29) is 5.41 Å². The van der Waals surface area contributed by atoms with Gasteiger partial charge in [0.1, 0.15) is 0 Å². The Morgan fingerprint density at radius 1 is 1.50 bits per heavy atom. The molecule has 2 nitrogen and oxygen atoms in total. The van der Waals surface area contributed by atoms with Crippen LogP contribution in [0.5, 0.6) is 0 Å². The highest BCUT2D eigenvalue weighted by molar-refractivity contribution is 7.10. The molecular formula is C13H13NOS. The number of fused-ring (bicyclic) bond motifs is 1. The number of rotatable bonds is 0. The molecule has 0 amide bonds. The number of thiophene rings is 1. The molecule has 0 N–H and O–H groups in total. The quantitative estimate of drug-likeness (QED) is 0.681. The third-order valence-corrected chi connectivity index (χ3v) is 5.50. The minimum absolute atomic E-state index is 0.176. The molecule has 16 heavy (non-hydrogen) atoms. The smallest absolute Gasteiger partial charge is 0.157 e. The summed E-state index contributed by atoms with van der Waals surface area (Å²) in [5.41, 5.74) is 1.66. The molecule has 1 aliphatic carbocycles. The molecule has 3 heterocycles. The number of hydrogen-bond donors (Lipinski definition) is 0. The first-order valence-electron chi connectivity index (χ1n) is 5.82. The molecule has 1 aromatic rings. The van der Waals surface area contributed by atoms with Crippen LogP contribution in [0.4, 0.5) is 0 Å². The lowest BCUT2D eigenvalue weighted by Gasteiger charge is -2.42. The van der Waals surface area contributed by atoms with Gasteiger partial charge in [0, 0.05) is 35.8 Å². The average molecular weight is 231 g/mol. The number of carbonyl (C=O) groups excluding carboxylic acids is 1. The van der Waals surface area contributed by atoms with Gasteiger partial charge in [-0.1, -0.05) is 6.08 Å². The summed E-state index contributed by atoms with van der Waals surface area (Å²) in [4.78, 5) is 15.6. The number of nitrogens with zero attached hydrogens (tertiary/aromatic N) is 1. The normalized spacial score (nSPS) is 39.6. The van der Waals surface area contributed by atoms with Crippen LogP contribution in [-0.2, 0) is 16.8 Å². The van der Waals surface area contributed by atoms with E-state index in [0.717, 1.165) is 13.1 Å². The third-order valence-electron chi connectivity index (χ3n) is 4.35. The molecule has 0 saturated carbocycles. The highest BCUT2D eigenvalue weighted by Gasteiger charge is 2.53. The zero-order chi connectivity index (χ0) is 10.8. The summed E-state index contributed by atoms with van der Waals surface area (Å²) in [6.07, 6.45) is 5.91. The Kier molecular flexibility index (Phi) is 1.62. The SMILES string of the molecule is O=C1C=CC23CCN(Cc4ccsc42)C3C1. The van der Waals surface area contributed by atoms with Gasteiger partial charge >= 0.3 is 0 Å². The van der Waals surface area contributed by atoms with Crippen molar-refractivity contribution in [2.24, 2.45) is 0 Å². The molecule has 3 heteroatoms. The number of carbonyl (C=O) groups is 1. The first kappa shape index (κ1) is 9.14. The van der Waals surface area contributed by atoms with Gasteiger partial charge in [-0.3, -0.25) is 9.69 Å². The summed E-state index contributed by atoms with van der Waals surface area (Å²) in [7, 11) is 0. The molecule has 0 aromatic carbocycles. The Morgan fingerprint density at radius 3 is 3.38 bits per heavy atom. The van der Waals surface area contributed by atoms with Crippen LogP contribution >= 0.6 is 11.3 Å². The van der Waals surface area contributed by atoms with E-state index in [2.05, 4.69) is 22.4 Å². The number of hydrogen-bond acceptors (Lipinski definition) is 3. The maximum Gasteiger partial charge on any atom is 0.157 e. The first-order chi connectivity index (χ1) is 7.79. The van der Waals surface area contributed by atoms with Crippen LogP contribution in [0.3, 0.4) is 0 Å². The van der Waals surface area contributed by atoms with Crippen LogP contribution in [0.25, 0.3) is 0 Å². The molecule has 3 aliphatic rings. The van der Waals surface area contributed by atoms with Gasteiger partial charge in [0.05, 0.1) is 0 Å². The van der Waals surface area contributed by atoms with Gasteiger partial charge in [-0.15, -0.1) is 11.3 Å². The molecule has 2 aliphatic heterocycles. The Labute approximate surface area is 98.6 Å². The summed E-state index contributed by atoms with van der Waals surface area (Å²) < 4.78 is 0. The van der Waals surface area contributed by atoms with Crippen molar-refractivity contribution in [1.82, 2.24) is 4.90 Å². The molecule has 1 fully saturated rings. The molecule has 3 unspecified atom stereocenters. The van der Waals surface area contributed by atoms with Crippen LogP contribution in [0.15, 0.2) is 23.6 Å². The predicted molar refractivity (Wildman–Crippen MR) is 63.6 cm³/mol. The second kappa shape index (κ2) is 2.84. The first-order valence-corrected chi connectivity index (χ1v) is 6.70. The van der Waals surface area contributed by atoms with Crippen LogP contribution in [0.2, 0.25) is 0 Å². The average Bonchev–Trinajstić information content (AvgIpc) is 2.84. The van der Waals surface area contributed by atoms with E-state index in [4.69, 9.17) is 0 Å². The standard InChI is InChI=1S/C13H13NOS/c15-10-1-3-13-4-5-14(11(13)7-10)8-9-2-6-16-12(9)13/h1-3,6,11H,4-5,7-8H2. The van der Waals surface area contributed by atoms with Crippen LogP contribution in [0, 0.1) is 0 Å². The van der Waals surface area contributed by atoms with Gasteiger partial charge in [0.15, 0.2) is 5.78 Å². The highest BCUT2D eigenvalue weighted by atomic mass is 32.1. The van der Waals surface area contributed by atoms with Gasteiger partial charge in [0.2, 0.25) is 0 Å². The second-order valence-electron chi connectivity index (χ2n) is 5.06. The lowest BCUT2D eigenvalue weighted by atomic mass is 9.71. The van der Waals surface area contributed by atoms with Crippen molar-refractivity contribution in [3.63, 3.8) is 0 Å². The van der Waals surface area contributed by atoms with Gasteiger partial charge in [-0.25, -0.2) is 0 Å². The molecule has 0 spiro atoms. The Bertz CT molecular complexity index is 504. The van der Waals surface area contributed by atoms with Crippen molar-refractivity contribution >= 4 is 17.1 Å². The number of allylic oxidation sites excluding steroid dienone is 1. The Hall–Kier alpha value is -0.930. The second-order valence-corrected chi connectivity index (χ2v) is 5.97.